The van der Waals surface area contributed by atoms with Crippen LogP contribution in [0.15, 0.2) is 0 Å². The number of alkyl halides is 1. The van der Waals surface area contributed by atoms with E-state index < -0.39 is 35.6 Å². The minimum absolute atomic E-state index is 0.0808. The van der Waals surface area contributed by atoms with Gasteiger partial charge in [0.15, 0.2) is 0 Å². The van der Waals surface area contributed by atoms with Gasteiger partial charge in [0, 0.05) is 6.54 Å². The van der Waals surface area contributed by atoms with Crippen molar-refractivity contribution in [1.82, 2.24) is 15.8 Å². The van der Waals surface area contributed by atoms with Gasteiger partial charge in [-0.15, -0.1) is 0 Å². The zero-order chi connectivity index (χ0) is 17.8. The summed E-state index contributed by atoms with van der Waals surface area (Å²) in [6.45, 7) is 10.8. The summed E-state index contributed by atoms with van der Waals surface area (Å²) in [6.07, 6.45) is -2.15. The van der Waals surface area contributed by atoms with Gasteiger partial charge in [0.25, 0.3) is 0 Å². The van der Waals surface area contributed by atoms with Crippen LogP contribution in [0.3, 0.4) is 0 Å². The highest BCUT2D eigenvalue weighted by atomic mass is 19.1. The number of rotatable bonds is 2. The second-order valence-electron chi connectivity index (χ2n) is 7.61. The lowest BCUT2D eigenvalue weighted by Gasteiger charge is -2.35. The minimum atomic E-state index is -1.31. The first-order chi connectivity index (χ1) is 10.4. The summed E-state index contributed by atoms with van der Waals surface area (Å²) in [5.74, 6) is 0. The summed E-state index contributed by atoms with van der Waals surface area (Å²) < 4.78 is 24.5. The van der Waals surface area contributed by atoms with Gasteiger partial charge in [-0.1, -0.05) is 0 Å². The van der Waals surface area contributed by atoms with Crippen LogP contribution >= 0.6 is 0 Å². The molecule has 1 heterocycles. The normalized spacial score (nSPS) is 22.5. The van der Waals surface area contributed by atoms with E-state index in [9.17, 15) is 14.0 Å². The van der Waals surface area contributed by atoms with Gasteiger partial charge >= 0.3 is 12.2 Å². The zero-order valence-electron chi connectivity index (χ0n) is 14.7. The molecule has 23 heavy (non-hydrogen) atoms. The molecule has 1 aliphatic heterocycles. The highest BCUT2D eigenvalue weighted by Crippen LogP contribution is 2.17. The molecule has 0 aromatic carbocycles. The summed E-state index contributed by atoms with van der Waals surface area (Å²) in [6, 6.07) is -0.582. The Kier molecular flexibility index (Phi) is 6.21. The van der Waals surface area contributed by atoms with Crippen molar-refractivity contribution in [3.63, 3.8) is 0 Å². The standard InChI is InChI=1S/C15H28FN3O4/c1-14(2,3)22-12(20)18-17-11-7-8-19(9-10(11)16)13(21)23-15(4,5)6/h10-11,17H,7-9H2,1-6H3,(H,18,20). The average Bonchev–Trinajstić information content (AvgIpc) is 2.33. The minimum Gasteiger partial charge on any atom is -0.444 e. The third kappa shape index (κ3) is 7.49. The summed E-state index contributed by atoms with van der Waals surface area (Å²) in [4.78, 5) is 24.8. The Morgan fingerprint density at radius 1 is 1.09 bits per heavy atom. The first kappa shape index (κ1) is 19.5. The lowest BCUT2D eigenvalue weighted by Crippen LogP contribution is -2.57. The molecule has 1 rings (SSSR count). The number of nitrogens with zero attached hydrogens (tertiary/aromatic N) is 1. The fourth-order valence-electron chi connectivity index (χ4n) is 2.01. The number of piperidine rings is 1. The van der Waals surface area contributed by atoms with E-state index in [0.29, 0.717) is 13.0 Å². The number of halogens is 1. The topological polar surface area (TPSA) is 79.9 Å². The Morgan fingerprint density at radius 3 is 2.13 bits per heavy atom. The number of ether oxygens (including phenoxy) is 2. The molecular weight excluding hydrogens is 305 g/mol. The smallest absolute Gasteiger partial charge is 0.422 e. The molecule has 1 fully saturated rings. The molecular formula is C15H28FN3O4. The molecule has 2 N–H and O–H groups in total. The van der Waals surface area contributed by atoms with Crippen molar-refractivity contribution >= 4 is 12.2 Å². The van der Waals surface area contributed by atoms with E-state index >= 15 is 0 Å². The molecule has 0 aliphatic carbocycles. The average molecular weight is 333 g/mol. The van der Waals surface area contributed by atoms with E-state index in [1.807, 2.05) is 0 Å². The number of carbonyl (C=O) groups excluding carboxylic acids is 2. The van der Waals surface area contributed by atoms with E-state index in [4.69, 9.17) is 9.47 Å². The SMILES string of the molecule is CC(C)(C)OC(=O)NNC1CCN(C(=O)OC(C)(C)C)CC1F. The molecule has 0 aromatic rings. The molecule has 0 saturated carbocycles. The number of hydrogen-bond acceptors (Lipinski definition) is 5. The predicted octanol–water partition coefficient (Wildman–Crippen LogP) is 2.36. The van der Waals surface area contributed by atoms with Crippen LogP contribution in [0, 0.1) is 0 Å². The fraction of sp³-hybridized carbons (Fsp3) is 0.867. The number of nitrogens with one attached hydrogen (secondary N) is 2. The summed E-state index contributed by atoms with van der Waals surface area (Å²) in [5.41, 5.74) is 3.72. The van der Waals surface area contributed by atoms with Crippen molar-refractivity contribution < 1.29 is 23.5 Å². The van der Waals surface area contributed by atoms with Crippen LogP contribution in [-0.4, -0.2) is 53.6 Å². The van der Waals surface area contributed by atoms with Gasteiger partial charge in [0.05, 0.1) is 12.6 Å². The molecule has 0 spiro atoms. The Morgan fingerprint density at radius 2 is 1.65 bits per heavy atom. The molecule has 8 heteroatoms. The van der Waals surface area contributed by atoms with Crippen molar-refractivity contribution in [2.45, 2.75) is 71.4 Å². The zero-order valence-corrected chi connectivity index (χ0v) is 14.7. The van der Waals surface area contributed by atoms with E-state index in [2.05, 4.69) is 10.9 Å². The van der Waals surface area contributed by atoms with Gasteiger partial charge < -0.3 is 14.4 Å². The van der Waals surface area contributed by atoms with Crippen LogP contribution in [-0.2, 0) is 9.47 Å². The van der Waals surface area contributed by atoms with Crippen LogP contribution in [0.4, 0.5) is 14.0 Å². The highest BCUT2D eigenvalue weighted by molar-refractivity contribution is 5.68. The lowest BCUT2D eigenvalue weighted by atomic mass is 10.0. The Hall–Kier alpha value is -1.57. The molecule has 134 valence electrons. The van der Waals surface area contributed by atoms with Gasteiger partial charge in [-0.25, -0.2) is 19.4 Å². The molecule has 0 aromatic heterocycles. The monoisotopic (exact) mass is 333 g/mol. The summed E-state index contributed by atoms with van der Waals surface area (Å²) >= 11 is 0. The maximum Gasteiger partial charge on any atom is 0.422 e. The predicted molar refractivity (Wildman–Crippen MR) is 83.6 cm³/mol. The first-order valence-corrected chi connectivity index (χ1v) is 7.74. The van der Waals surface area contributed by atoms with Crippen molar-refractivity contribution in [3.8, 4) is 0 Å². The van der Waals surface area contributed by atoms with E-state index in [1.54, 1.807) is 41.5 Å². The van der Waals surface area contributed by atoms with Crippen LogP contribution in [0.2, 0.25) is 0 Å². The van der Waals surface area contributed by atoms with Crippen molar-refractivity contribution in [2.24, 2.45) is 0 Å². The quantitative estimate of drug-likeness (QED) is 0.758. The van der Waals surface area contributed by atoms with Crippen LogP contribution in [0.25, 0.3) is 0 Å². The molecule has 1 saturated heterocycles. The third-order valence-electron chi connectivity index (χ3n) is 2.95. The number of amides is 2. The van der Waals surface area contributed by atoms with Crippen molar-refractivity contribution in [3.05, 3.63) is 0 Å². The summed E-state index contributed by atoms with van der Waals surface area (Å²) in [5, 5.41) is 0. The van der Waals surface area contributed by atoms with E-state index in [0.717, 1.165) is 0 Å². The summed E-state index contributed by atoms with van der Waals surface area (Å²) in [7, 11) is 0. The molecule has 0 bridgehead atoms. The van der Waals surface area contributed by atoms with Gasteiger partial charge in [-0.05, 0) is 48.0 Å². The lowest BCUT2D eigenvalue weighted by molar-refractivity contribution is 0.00706. The molecule has 7 nitrogen and oxygen atoms in total. The largest absolute Gasteiger partial charge is 0.444 e. The second kappa shape index (κ2) is 7.33. The molecule has 1 aliphatic rings. The number of likely N-dealkylation sites (tertiary alicyclic amines) is 1. The van der Waals surface area contributed by atoms with Crippen LogP contribution < -0.4 is 10.9 Å². The molecule has 0 radical (unpaired) electrons. The molecule has 2 unspecified atom stereocenters. The van der Waals surface area contributed by atoms with Crippen LogP contribution in [0.1, 0.15) is 48.0 Å². The van der Waals surface area contributed by atoms with Crippen molar-refractivity contribution in [2.75, 3.05) is 13.1 Å². The molecule has 2 amide bonds. The maximum atomic E-state index is 14.2. The Labute approximate surface area is 136 Å². The Bertz CT molecular complexity index is 431. The first-order valence-electron chi connectivity index (χ1n) is 7.74. The second-order valence-corrected chi connectivity index (χ2v) is 7.61. The fourth-order valence-corrected chi connectivity index (χ4v) is 2.01. The van der Waals surface area contributed by atoms with E-state index in [-0.39, 0.29) is 6.54 Å². The number of hydrogen-bond donors (Lipinski definition) is 2. The maximum absolute atomic E-state index is 14.2. The van der Waals surface area contributed by atoms with Crippen LogP contribution in [0.5, 0.6) is 0 Å². The van der Waals surface area contributed by atoms with Crippen molar-refractivity contribution in [1.29, 1.82) is 0 Å². The van der Waals surface area contributed by atoms with E-state index in [1.165, 1.54) is 4.90 Å². The van der Waals surface area contributed by atoms with Gasteiger partial charge in [-0.2, -0.15) is 0 Å². The Balaban J connectivity index is 2.41. The molecule has 2 atom stereocenters. The highest BCUT2D eigenvalue weighted by Gasteiger charge is 2.34. The number of carbonyl (C=O) groups is 2. The van der Waals surface area contributed by atoms with Gasteiger partial charge in [0.1, 0.15) is 17.4 Å². The van der Waals surface area contributed by atoms with Gasteiger partial charge in [0.2, 0.25) is 0 Å². The van der Waals surface area contributed by atoms with Gasteiger partial charge in [-0.3, -0.25) is 5.43 Å². The number of hydrazine groups is 1. The third-order valence-corrected chi connectivity index (χ3v) is 2.95.